The van der Waals surface area contributed by atoms with E-state index in [1.54, 1.807) is 14.2 Å². The molecule has 0 saturated carbocycles. The largest absolute Gasteiger partial charge is 0.497 e. The van der Waals surface area contributed by atoms with Crippen LogP contribution >= 0.6 is 0 Å². The quantitative estimate of drug-likeness (QED) is 0.571. The van der Waals surface area contributed by atoms with Gasteiger partial charge >= 0.3 is 0 Å². The highest BCUT2D eigenvalue weighted by Gasteiger charge is 2.20. The van der Waals surface area contributed by atoms with Gasteiger partial charge in [0.2, 0.25) is 0 Å². The molecule has 7 heteroatoms. The molecule has 2 aliphatic rings. The average Bonchev–Trinajstić information content (AvgIpc) is 2.89. The molecule has 2 aliphatic heterocycles. The lowest BCUT2D eigenvalue weighted by Crippen LogP contribution is -2.31. The molecule has 0 spiro atoms. The Morgan fingerprint density at radius 2 is 1.91 bits per heavy atom. The molecule has 7 nitrogen and oxygen atoms in total. The second-order valence-electron chi connectivity index (χ2n) is 8.53. The topological polar surface area (TPSA) is 72.7 Å². The fraction of sp³-hybridized carbons (Fsp3) is 0.385. The third kappa shape index (κ3) is 4.73. The third-order valence-electron chi connectivity index (χ3n) is 6.31. The molecule has 0 fully saturated rings. The smallest absolute Gasteiger partial charge is 0.173 e. The molecule has 0 atom stereocenters. The summed E-state index contributed by atoms with van der Waals surface area (Å²) in [6, 6.07) is 9.93. The van der Waals surface area contributed by atoms with Crippen molar-refractivity contribution in [2.45, 2.75) is 38.8 Å². The molecule has 0 aliphatic carbocycles. The van der Waals surface area contributed by atoms with Gasteiger partial charge in [0.15, 0.2) is 5.82 Å². The molecule has 0 bridgehead atoms. The molecular weight excluding hydrogens is 414 g/mol. The maximum Gasteiger partial charge on any atom is 0.173 e. The minimum atomic E-state index is 0.780. The van der Waals surface area contributed by atoms with Gasteiger partial charge in [0.05, 0.1) is 31.3 Å². The molecule has 2 aromatic heterocycles. The second-order valence-corrected chi connectivity index (χ2v) is 8.53. The lowest BCUT2D eigenvalue weighted by atomic mass is 10.0. The molecule has 0 N–H and O–H groups in total. The summed E-state index contributed by atoms with van der Waals surface area (Å²) < 4.78 is 10.9. The van der Waals surface area contributed by atoms with E-state index < -0.39 is 0 Å². The van der Waals surface area contributed by atoms with E-state index in [9.17, 15) is 0 Å². The first kappa shape index (κ1) is 21.5. The van der Waals surface area contributed by atoms with E-state index in [1.165, 1.54) is 29.7 Å². The summed E-state index contributed by atoms with van der Waals surface area (Å²) in [5, 5.41) is 0. The van der Waals surface area contributed by atoms with Crippen molar-refractivity contribution in [1.82, 2.24) is 19.9 Å². The van der Waals surface area contributed by atoms with Gasteiger partial charge in [0.25, 0.3) is 0 Å². The fourth-order valence-corrected chi connectivity index (χ4v) is 4.48. The van der Waals surface area contributed by atoms with Crippen molar-refractivity contribution in [3.8, 4) is 22.8 Å². The van der Waals surface area contributed by atoms with Crippen LogP contribution in [-0.4, -0.2) is 52.9 Å². The van der Waals surface area contributed by atoms with Crippen LogP contribution in [0.1, 0.15) is 41.9 Å². The number of ether oxygens (including phenoxy) is 2. The number of pyridine rings is 1. The first-order valence-electron chi connectivity index (χ1n) is 11.5. The number of hydrogen-bond acceptors (Lipinski definition) is 7. The van der Waals surface area contributed by atoms with Crippen LogP contribution in [0.3, 0.4) is 0 Å². The van der Waals surface area contributed by atoms with Crippen molar-refractivity contribution in [2.24, 2.45) is 4.99 Å². The van der Waals surface area contributed by atoms with E-state index in [2.05, 4.69) is 20.9 Å². The first-order valence-corrected chi connectivity index (χ1v) is 11.5. The number of aromatic nitrogens is 3. The zero-order chi connectivity index (χ0) is 22.6. The van der Waals surface area contributed by atoms with E-state index in [1.807, 2.05) is 36.7 Å². The molecule has 0 radical (unpaired) electrons. The van der Waals surface area contributed by atoms with E-state index in [-0.39, 0.29) is 0 Å². The first-order chi connectivity index (χ1) is 16.2. The summed E-state index contributed by atoms with van der Waals surface area (Å²) in [4.78, 5) is 21.2. The molecular formula is C26H29N5O2. The van der Waals surface area contributed by atoms with Crippen molar-refractivity contribution in [3.05, 3.63) is 65.4 Å². The number of nitrogens with zero attached hydrogens (tertiary/aromatic N) is 5. The summed E-state index contributed by atoms with van der Waals surface area (Å²) in [7, 11) is 3.33. The Morgan fingerprint density at radius 3 is 2.67 bits per heavy atom. The van der Waals surface area contributed by atoms with Gasteiger partial charge in [-0.3, -0.25) is 14.9 Å². The van der Waals surface area contributed by atoms with Gasteiger partial charge in [0, 0.05) is 56.1 Å². The minimum Gasteiger partial charge on any atom is -0.497 e. The summed E-state index contributed by atoms with van der Waals surface area (Å²) in [6.45, 7) is 3.58. The van der Waals surface area contributed by atoms with Crippen molar-refractivity contribution in [1.29, 1.82) is 0 Å². The summed E-state index contributed by atoms with van der Waals surface area (Å²) in [6.07, 6.45) is 8.24. The van der Waals surface area contributed by atoms with Crippen LogP contribution in [0.5, 0.6) is 11.5 Å². The number of benzene rings is 1. The van der Waals surface area contributed by atoms with Crippen molar-refractivity contribution < 1.29 is 9.47 Å². The Labute approximate surface area is 194 Å². The van der Waals surface area contributed by atoms with Crippen LogP contribution in [0.15, 0.2) is 47.7 Å². The lowest BCUT2D eigenvalue weighted by Gasteiger charge is -2.28. The second kappa shape index (κ2) is 9.67. The molecule has 33 heavy (non-hydrogen) atoms. The van der Waals surface area contributed by atoms with Gasteiger partial charge in [0.1, 0.15) is 11.5 Å². The van der Waals surface area contributed by atoms with Crippen LogP contribution in [0.4, 0.5) is 0 Å². The van der Waals surface area contributed by atoms with Crippen LogP contribution in [0.25, 0.3) is 11.3 Å². The molecule has 5 rings (SSSR count). The van der Waals surface area contributed by atoms with E-state index in [0.717, 1.165) is 73.3 Å². The maximum absolute atomic E-state index is 5.51. The highest BCUT2D eigenvalue weighted by molar-refractivity contribution is 5.97. The van der Waals surface area contributed by atoms with Gasteiger partial charge in [-0.25, -0.2) is 9.97 Å². The molecule has 4 heterocycles. The highest BCUT2D eigenvalue weighted by Crippen LogP contribution is 2.32. The highest BCUT2D eigenvalue weighted by atomic mass is 16.5. The summed E-state index contributed by atoms with van der Waals surface area (Å²) in [5.74, 6) is 2.39. The van der Waals surface area contributed by atoms with E-state index in [0.29, 0.717) is 0 Å². The zero-order valence-corrected chi connectivity index (χ0v) is 19.3. The zero-order valence-electron chi connectivity index (χ0n) is 19.3. The number of rotatable bonds is 6. The Bertz CT molecular complexity index is 1160. The molecule has 170 valence electrons. The molecule has 3 aromatic rings. The van der Waals surface area contributed by atoms with Crippen molar-refractivity contribution in [2.75, 3.05) is 27.3 Å². The average molecular weight is 444 g/mol. The van der Waals surface area contributed by atoms with Crippen molar-refractivity contribution >= 4 is 5.71 Å². The third-order valence-corrected chi connectivity index (χ3v) is 6.31. The Kier molecular flexibility index (Phi) is 6.30. The fourth-order valence-electron chi connectivity index (χ4n) is 4.48. The lowest BCUT2D eigenvalue weighted by molar-refractivity contribution is 0.242. The van der Waals surface area contributed by atoms with Gasteiger partial charge in [-0.2, -0.15) is 0 Å². The van der Waals surface area contributed by atoms with Gasteiger partial charge in [-0.05, 0) is 49.1 Å². The number of methoxy groups -OCH3 is 2. The van der Waals surface area contributed by atoms with E-state index >= 15 is 0 Å². The van der Waals surface area contributed by atoms with Crippen LogP contribution in [-0.2, 0) is 19.5 Å². The monoisotopic (exact) mass is 443 g/mol. The molecule has 0 saturated heterocycles. The van der Waals surface area contributed by atoms with Gasteiger partial charge in [-0.15, -0.1) is 0 Å². The normalized spacial score (nSPS) is 16.1. The minimum absolute atomic E-state index is 0.780. The summed E-state index contributed by atoms with van der Waals surface area (Å²) >= 11 is 0. The predicted octanol–water partition coefficient (Wildman–Crippen LogP) is 4.09. The molecule has 0 amide bonds. The van der Waals surface area contributed by atoms with E-state index in [4.69, 9.17) is 19.4 Å². The number of aliphatic imine (C=N–C) groups is 1. The number of hydrogen-bond donors (Lipinski definition) is 0. The van der Waals surface area contributed by atoms with Crippen molar-refractivity contribution in [3.63, 3.8) is 0 Å². The predicted molar refractivity (Wildman–Crippen MR) is 128 cm³/mol. The number of fused-ring (bicyclic) bond motifs is 1. The SMILES string of the molecule is COc1ccc(OC)c(-c2ccc(CN3CCc4nc(C5=NCCCC5)ncc4C3)cn2)c1. The van der Waals surface area contributed by atoms with Gasteiger partial charge in [-0.1, -0.05) is 6.07 Å². The Morgan fingerprint density at radius 1 is 0.970 bits per heavy atom. The Hall–Kier alpha value is -3.32. The molecule has 0 unspecified atom stereocenters. The van der Waals surface area contributed by atoms with Crippen LogP contribution < -0.4 is 9.47 Å². The molecule has 1 aromatic carbocycles. The van der Waals surface area contributed by atoms with Gasteiger partial charge < -0.3 is 9.47 Å². The standard InChI is InChI=1S/C26H29N5O2/c1-32-20-7-9-25(33-2)21(13-20)23-8-6-18(14-28-23)16-31-12-10-22-19(17-31)15-29-26(30-22)24-5-3-4-11-27-24/h6-9,13-15H,3-5,10-12,16-17H2,1-2H3. The Balaban J connectivity index is 1.27. The summed E-state index contributed by atoms with van der Waals surface area (Å²) in [5.41, 5.74) is 6.43. The van der Waals surface area contributed by atoms with Crippen LogP contribution in [0.2, 0.25) is 0 Å². The van der Waals surface area contributed by atoms with Crippen LogP contribution in [0, 0.1) is 0 Å². The maximum atomic E-state index is 5.51.